The van der Waals surface area contributed by atoms with Gasteiger partial charge in [0.1, 0.15) is 5.76 Å². The first-order valence-corrected chi connectivity index (χ1v) is 13.8. The zero-order valence-electron chi connectivity index (χ0n) is 21.1. The number of rotatable bonds is 9. The van der Waals surface area contributed by atoms with Gasteiger partial charge in [-0.25, -0.2) is 4.79 Å². The molecule has 1 aromatic heterocycles. The molecule has 1 aliphatic rings. The summed E-state index contributed by atoms with van der Waals surface area (Å²) in [6.07, 6.45) is 1.48. The number of hydrogen-bond donors (Lipinski definition) is 2. The van der Waals surface area contributed by atoms with Gasteiger partial charge in [-0.3, -0.25) is 9.59 Å². The maximum Gasteiger partial charge on any atom is 0.338 e. The van der Waals surface area contributed by atoms with Crippen LogP contribution in [0.4, 0.5) is 5.69 Å². The third-order valence-corrected chi connectivity index (χ3v) is 7.43. The molecule has 2 heterocycles. The molecule has 198 valence electrons. The van der Waals surface area contributed by atoms with Crippen molar-refractivity contribution in [3.05, 3.63) is 110 Å². The molecule has 0 radical (unpaired) electrons. The minimum Gasteiger partial charge on any atom is -0.468 e. The zero-order chi connectivity index (χ0) is 27.9. The van der Waals surface area contributed by atoms with Crippen molar-refractivity contribution < 1.29 is 23.5 Å². The summed E-state index contributed by atoms with van der Waals surface area (Å²) in [6.45, 7) is 3.73. The average Bonchev–Trinajstić information content (AvgIpc) is 3.47. The van der Waals surface area contributed by atoms with Gasteiger partial charge in [0, 0.05) is 21.4 Å². The summed E-state index contributed by atoms with van der Waals surface area (Å²) >= 11 is 4.56. The fraction of sp³-hybridized carbons (Fsp3) is 0.172. The molecule has 0 unspecified atom stereocenters. The van der Waals surface area contributed by atoms with Crippen molar-refractivity contribution in [2.24, 2.45) is 0 Å². The summed E-state index contributed by atoms with van der Waals surface area (Å²) in [7, 11) is 0. The average molecular weight is 606 g/mol. The zero-order valence-corrected chi connectivity index (χ0v) is 23.5. The molecule has 0 fully saturated rings. The van der Waals surface area contributed by atoms with Gasteiger partial charge in [0.15, 0.2) is 5.78 Å². The lowest BCUT2D eigenvalue weighted by atomic mass is 9.85. The number of Topliss-reactive ketones (excluding diaryl/α,β-unsaturated/α-hetero) is 1. The Hall–Kier alpha value is -4.07. The summed E-state index contributed by atoms with van der Waals surface area (Å²) in [6, 6.07) is 19.0. The molecule has 1 amide bonds. The number of hydrogen-bond acceptors (Lipinski definition) is 8. The normalized spacial score (nSPS) is 14.9. The number of nitriles is 1. The van der Waals surface area contributed by atoms with Gasteiger partial charge in [-0.05, 0) is 62.4 Å². The number of halogens is 1. The lowest BCUT2D eigenvalue weighted by Gasteiger charge is -2.28. The fourth-order valence-electron chi connectivity index (χ4n) is 4.03. The molecule has 2 N–H and O–H groups in total. The van der Waals surface area contributed by atoms with Gasteiger partial charge in [0.2, 0.25) is 0 Å². The Morgan fingerprint density at radius 2 is 1.79 bits per heavy atom. The highest BCUT2D eigenvalue weighted by Crippen LogP contribution is 2.41. The summed E-state index contributed by atoms with van der Waals surface area (Å²) < 4.78 is 11.5. The smallest absolute Gasteiger partial charge is 0.338 e. The second-order valence-corrected chi connectivity index (χ2v) is 10.3. The Morgan fingerprint density at radius 1 is 1.10 bits per heavy atom. The number of ether oxygens (including phenoxy) is 1. The van der Waals surface area contributed by atoms with Crippen molar-refractivity contribution >= 4 is 51.0 Å². The first-order chi connectivity index (χ1) is 18.8. The molecule has 8 nitrogen and oxygen atoms in total. The van der Waals surface area contributed by atoms with Crippen LogP contribution in [0.5, 0.6) is 0 Å². The maximum absolute atomic E-state index is 13.5. The number of dihydropyridines is 1. The monoisotopic (exact) mass is 605 g/mol. The molecule has 0 aliphatic carbocycles. The van der Waals surface area contributed by atoms with E-state index in [1.807, 2.05) is 0 Å². The number of allylic oxidation sites excluding steroid dienone is 2. The molecule has 0 spiro atoms. The third-order valence-electron chi connectivity index (χ3n) is 5.89. The molecule has 0 saturated heterocycles. The lowest BCUT2D eigenvalue weighted by Crippen LogP contribution is -2.30. The number of nitrogens with one attached hydrogen (secondary N) is 2. The van der Waals surface area contributed by atoms with Crippen molar-refractivity contribution in [1.29, 1.82) is 5.26 Å². The van der Waals surface area contributed by atoms with Crippen molar-refractivity contribution in [3.8, 4) is 6.07 Å². The van der Waals surface area contributed by atoms with Gasteiger partial charge in [-0.2, -0.15) is 5.26 Å². The second kappa shape index (κ2) is 12.7. The van der Waals surface area contributed by atoms with Gasteiger partial charge in [-0.1, -0.05) is 39.8 Å². The summed E-state index contributed by atoms with van der Waals surface area (Å²) in [5.74, 6) is -1.24. The van der Waals surface area contributed by atoms with Crippen molar-refractivity contribution in [2.75, 3.05) is 17.7 Å². The quantitative estimate of drug-likeness (QED) is 0.219. The van der Waals surface area contributed by atoms with Crippen LogP contribution in [-0.2, 0) is 9.53 Å². The van der Waals surface area contributed by atoms with Crippen LogP contribution < -0.4 is 10.6 Å². The Balaban J connectivity index is 1.58. The van der Waals surface area contributed by atoms with Crippen LogP contribution in [0.3, 0.4) is 0 Å². The van der Waals surface area contributed by atoms with Gasteiger partial charge >= 0.3 is 5.97 Å². The molecule has 2 aromatic carbocycles. The van der Waals surface area contributed by atoms with Crippen molar-refractivity contribution in [2.45, 2.75) is 19.8 Å². The molecular weight excluding hydrogens is 582 g/mol. The summed E-state index contributed by atoms with van der Waals surface area (Å²) in [4.78, 5) is 38.2. The number of amides is 1. The molecule has 1 atom stereocenters. The predicted molar refractivity (Wildman–Crippen MR) is 152 cm³/mol. The van der Waals surface area contributed by atoms with E-state index in [1.165, 1.54) is 18.0 Å². The van der Waals surface area contributed by atoms with Crippen LogP contribution in [0.1, 0.15) is 46.2 Å². The predicted octanol–water partition coefficient (Wildman–Crippen LogP) is 6.17. The van der Waals surface area contributed by atoms with Crippen LogP contribution >= 0.6 is 27.7 Å². The van der Waals surface area contributed by atoms with Crippen molar-refractivity contribution in [3.63, 3.8) is 0 Å². The number of esters is 1. The number of benzene rings is 2. The van der Waals surface area contributed by atoms with Crippen LogP contribution in [0.2, 0.25) is 0 Å². The molecule has 3 aromatic rings. The first-order valence-electron chi connectivity index (χ1n) is 12.0. The Bertz CT molecular complexity index is 1490. The third kappa shape index (κ3) is 6.50. The van der Waals surface area contributed by atoms with Crippen molar-refractivity contribution in [1.82, 2.24) is 5.32 Å². The topological polar surface area (TPSA) is 121 Å². The number of furan rings is 1. The van der Waals surface area contributed by atoms with E-state index < -0.39 is 17.8 Å². The van der Waals surface area contributed by atoms with Gasteiger partial charge < -0.3 is 19.8 Å². The molecule has 0 saturated carbocycles. The standard InChI is InChI=1S/C29H24BrN3O5S/c1-3-37-29(36)19-8-12-21(13-9-19)33-27(35)25-17(2)32-28(22(15-31)26(25)24-5-4-14-38-24)39-16-23(34)18-6-10-20(30)11-7-18/h4-14,26,32H,3,16H2,1-2H3,(H,33,35)/t26-/m0/s1. The van der Waals surface area contributed by atoms with E-state index in [9.17, 15) is 19.6 Å². The van der Waals surface area contributed by atoms with Crippen LogP contribution in [0.25, 0.3) is 0 Å². The van der Waals surface area contributed by atoms with Gasteiger partial charge in [-0.15, -0.1) is 0 Å². The van der Waals surface area contributed by atoms with E-state index in [4.69, 9.17) is 9.15 Å². The highest BCUT2D eigenvalue weighted by molar-refractivity contribution is 9.10. The van der Waals surface area contributed by atoms with E-state index >= 15 is 0 Å². The largest absolute Gasteiger partial charge is 0.468 e. The minimum absolute atomic E-state index is 0.0925. The van der Waals surface area contributed by atoms with Crippen LogP contribution in [-0.4, -0.2) is 30.0 Å². The number of anilines is 1. The highest BCUT2D eigenvalue weighted by atomic mass is 79.9. The summed E-state index contributed by atoms with van der Waals surface area (Å²) in [5.41, 5.74) is 2.49. The number of thioether (sulfide) groups is 1. The Labute approximate surface area is 238 Å². The van der Waals surface area contributed by atoms with Gasteiger partial charge in [0.05, 0.1) is 52.3 Å². The minimum atomic E-state index is -0.782. The number of ketones is 1. The maximum atomic E-state index is 13.5. The number of nitrogens with zero attached hydrogens (tertiary/aromatic N) is 1. The van der Waals surface area contributed by atoms with E-state index in [0.717, 1.165) is 4.47 Å². The molecule has 10 heteroatoms. The Morgan fingerprint density at radius 3 is 2.41 bits per heavy atom. The molecular formula is C29H24BrN3O5S. The molecule has 39 heavy (non-hydrogen) atoms. The molecule has 0 bridgehead atoms. The SMILES string of the molecule is CCOC(=O)c1ccc(NC(=O)C2=C(C)NC(SCC(=O)c3ccc(Br)cc3)=C(C#N)[C@H]2c2ccco2)cc1. The molecule has 1 aliphatic heterocycles. The first kappa shape index (κ1) is 28.0. The van der Waals surface area contributed by atoms with Crippen LogP contribution in [0.15, 0.2) is 97.7 Å². The fourth-order valence-corrected chi connectivity index (χ4v) is 5.28. The number of carbonyl (C=O) groups is 3. The van der Waals surface area contributed by atoms with E-state index in [-0.39, 0.29) is 23.7 Å². The van der Waals surface area contributed by atoms with Gasteiger partial charge in [0.25, 0.3) is 5.91 Å². The second-order valence-electron chi connectivity index (χ2n) is 8.44. The molecule has 4 rings (SSSR count). The summed E-state index contributed by atoms with van der Waals surface area (Å²) in [5, 5.41) is 16.6. The van der Waals surface area contributed by atoms with E-state index in [0.29, 0.717) is 38.9 Å². The van der Waals surface area contributed by atoms with E-state index in [1.54, 1.807) is 74.5 Å². The Kier molecular flexibility index (Phi) is 9.07. The number of carbonyl (C=O) groups excluding carboxylic acids is 3. The van der Waals surface area contributed by atoms with Crippen LogP contribution in [0, 0.1) is 11.3 Å². The highest BCUT2D eigenvalue weighted by Gasteiger charge is 2.36. The van der Waals surface area contributed by atoms with E-state index in [2.05, 4.69) is 32.6 Å². The lowest BCUT2D eigenvalue weighted by molar-refractivity contribution is -0.113.